The Kier molecular flexibility index (Phi) is 4.51. The molecule has 0 saturated heterocycles. The van der Waals surface area contributed by atoms with Gasteiger partial charge in [0.15, 0.2) is 0 Å². The predicted octanol–water partition coefficient (Wildman–Crippen LogP) is 2.61. The van der Waals surface area contributed by atoms with E-state index in [2.05, 4.69) is 4.98 Å². The summed E-state index contributed by atoms with van der Waals surface area (Å²) in [6.07, 6.45) is 7.83. The van der Waals surface area contributed by atoms with Gasteiger partial charge in [-0.05, 0) is 30.9 Å². The minimum atomic E-state index is -0.0236. The summed E-state index contributed by atoms with van der Waals surface area (Å²) < 4.78 is 0. The highest BCUT2D eigenvalue weighted by atomic mass is 16.2. The molecule has 0 spiro atoms. The molecule has 1 aliphatic carbocycles. The summed E-state index contributed by atoms with van der Waals surface area (Å²) in [6, 6.07) is 5.18. The summed E-state index contributed by atoms with van der Waals surface area (Å²) in [6.45, 7) is 0.809. The molecule has 0 aliphatic heterocycles. The van der Waals surface area contributed by atoms with Gasteiger partial charge in [0.1, 0.15) is 11.8 Å². The van der Waals surface area contributed by atoms with Crippen molar-refractivity contribution in [3.05, 3.63) is 29.6 Å². The summed E-state index contributed by atoms with van der Waals surface area (Å²) >= 11 is 0. The van der Waals surface area contributed by atoms with Crippen LogP contribution < -0.4 is 0 Å². The van der Waals surface area contributed by atoms with Crippen molar-refractivity contribution in [1.29, 1.82) is 5.26 Å². The minimum Gasteiger partial charge on any atom is -0.341 e. The van der Waals surface area contributed by atoms with E-state index in [0.717, 1.165) is 6.54 Å². The fourth-order valence-corrected chi connectivity index (χ4v) is 2.69. The van der Waals surface area contributed by atoms with E-state index in [1.807, 2.05) is 13.1 Å². The van der Waals surface area contributed by atoms with Crippen molar-refractivity contribution in [3.8, 4) is 6.07 Å². The lowest BCUT2D eigenvalue weighted by atomic mass is 9.89. The third-order valence-electron chi connectivity index (χ3n) is 3.72. The zero-order valence-electron chi connectivity index (χ0n) is 11.3. The first-order chi connectivity index (χ1) is 9.20. The smallest absolute Gasteiger partial charge is 0.253 e. The molecule has 0 aromatic carbocycles. The number of aromatic nitrogens is 1. The van der Waals surface area contributed by atoms with Crippen molar-refractivity contribution in [1.82, 2.24) is 9.88 Å². The number of hydrogen-bond donors (Lipinski definition) is 0. The molecule has 0 atom stereocenters. The fraction of sp³-hybridized carbons (Fsp3) is 0.533. The number of rotatable bonds is 3. The van der Waals surface area contributed by atoms with Crippen LogP contribution in [0.3, 0.4) is 0 Å². The standard InChI is InChI=1S/C15H19N3O/c1-18(11-12-5-3-2-4-6-12)15(19)13-7-8-17-14(9-13)10-16/h7-9,12H,2-6,11H2,1H3. The third-order valence-corrected chi connectivity index (χ3v) is 3.72. The molecule has 0 unspecified atom stereocenters. The van der Waals surface area contributed by atoms with Crippen LogP contribution in [0.4, 0.5) is 0 Å². The van der Waals surface area contributed by atoms with Gasteiger partial charge in [-0.2, -0.15) is 5.26 Å². The molecule has 1 heterocycles. The Morgan fingerprint density at radius 3 is 2.89 bits per heavy atom. The highest BCUT2D eigenvalue weighted by molar-refractivity contribution is 5.94. The Balaban J connectivity index is 1.99. The average molecular weight is 257 g/mol. The van der Waals surface area contributed by atoms with Gasteiger partial charge >= 0.3 is 0 Å². The van der Waals surface area contributed by atoms with Crippen molar-refractivity contribution >= 4 is 5.91 Å². The largest absolute Gasteiger partial charge is 0.341 e. The molecule has 1 saturated carbocycles. The lowest BCUT2D eigenvalue weighted by Crippen LogP contribution is -2.32. The van der Waals surface area contributed by atoms with Crippen LogP contribution in [0, 0.1) is 17.2 Å². The van der Waals surface area contributed by atoms with Crippen molar-refractivity contribution < 1.29 is 4.79 Å². The van der Waals surface area contributed by atoms with Crippen LogP contribution in [-0.2, 0) is 0 Å². The number of carbonyl (C=O) groups excluding carboxylic acids is 1. The van der Waals surface area contributed by atoms with Crippen LogP contribution >= 0.6 is 0 Å². The molecule has 4 nitrogen and oxygen atoms in total. The predicted molar refractivity (Wildman–Crippen MR) is 72.5 cm³/mol. The quantitative estimate of drug-likeness (QED) is 0.836. The molecule has 1 amide bonds. The van der Waals surface area contributed by atoms with Gasteiger partial charge in [0.05, 0.1) is 0 Å². The van der Waals surface area contributed by atoms with E-state index in [1.165, 1.54) is 38.3 Å². The number of nitriles is 1. The van der Waals surface area contributed by atoms with Gasteiger partial charge in [0, 0.05) is 25.4 Å². The lowest BCUT2D eigenvalue weighted by molar-refractivity contribution is 0.0760. The molecule has 19 heavy (non-hydrogen) atoms. The van der Waals surface area contributed by atoms with Crippen molar-refractivity contribution in [2.75, 3.05) is 13.6 Å². The molecule has 1 aromatic rings. The Morgan fingerprint density at radius 2 is 2.21 bits per heavy atom. The second-order valence-electron chi connectivity index (χ2n) is 5.23. The summed E-state index contributed by atoms with van der Waals surface area (Å²) in [5, 5.41) is 8.81. The highest BCUT2D eigenvalue weighted by Gasteiger charge is 2.19. The molecule has 100 valence electrons. The average Bonchev–Trinajstić information content (AvgIpc) is 2.47. The van der Waals surface area contributed by atoms with Crippen LogP contribution in [0.1, 0.15) is 48.2 Å². The molecule has 1 fully saturated rings. The molecule has 1 aliphatic rings. The number of amides is 1. The van der Waals surface area contributed by atoms with E-state index in [0.29, 0.717) is 11.5 Å². The third kappa shape index (κ3) is 3.54. The molecule has 0 radical (unpaired) electrons. The first kappa shape index (κ1) is 13.5. The van der Waals surface area contributed by atoms with Gasteiger partial charge in [0.25, 0.3) is 5.91 Å². The maximum atomic E-state index is 12.3. The van der Waals surface area contributed by atoms with Crippen LogP contribution in [0.15, 0.2) is 18.3 Å². The normalized spacial score (nSPS) is 15.8. The van der Waals surface area contributed by atoms with E-state index >= 15 is 0 Å². The van der Waals surface area contributed by atoms with Crippen LogP contribution in [0.25, 0.3) is 0 Å². The number of nitrogens with zero attached hydrogens (tertiary/aromatic N) is 3. The molecule has 4 heteroatoms. The second kappa shape index (κ2) is 6.33. The Hall–Kier alpha value is -1.89. The maximum absolute atomic E-state index is 12.3. The molecule has 0 N–H and O–H groups in total. The first-order valence-electron chi connectivity index (χ1n) is 6.82. The van der Waals surface area contributed by atoms with Crippen LogP contribution in [-0.4, -0.2) is 29.4 Å². The zero-order valence-corrected chi connectivity index (χ0v) is 11.3. The molecule has 0 bridgehead atoms. The lowest BCUT2D eigenvalue weighted by Gasteiger charge is -2.27. The Morgan fingerprint density at radius 1 is 1.47 bits per heavy atom. The van der Waals surface area contributed by atoms with E-state index in [9.17, 15) is 4.79 Å². The zero-order chi connectivity index (χ0) is 13.7. The van der Waals surface area contributed by atoms with Crippen molar-refractivity contribution in [2.45, 2.75) is 32.1 Å². The number of carbonyl (C=O) groups is 1. The van der Waals surface area contributed by atoms with Crippen molar-refractivity contribution in [3.63, 3.8) is 0 Å². The Labute approximate surface area is 114 Å². The number of hydrogen-bond acceptors (Lipinski definition) is 3. The Bertz CT molecular complexity index is 486. The highest BCUT2D eigenvalue weighted by Crippen LogP contribution is 2.24. The molecular formula is C15H19N3O. The van der Waals surface area contributed by atoms with Crippen molar-refractivity contribution in [2.24, 2.45) is 5.92 Å². The SMILES string of the molecule is CN(CC1CCCCC1)C(=O)c1ccnc(C#N)c1. The van der Waals surface area contributed by atoms with Crippen LogP contribution in [0.5, 0.6) is 0 Å². The van der Waals surface area contributed by atoms with E-state index in [4.69, 9.17) is 5.26 Å². The summed E-state index contributed by atoms with van der Waals surface area (Å²) in [4.78, 5) is 17.9. The van der Waals surface area contributed by atoms with Gasteiger partial charge in [-0.3, -0.25) is 4.79 Å². The number of pyridine rings is 1. The first-order valence-corrected chi connectivity index (χ1v) is 6.82. The molecule has 2 rings (SSSR count). The monoisotopic (exact) mass is 257 g/mol. The van der Waals surface area contributed by atoms with E-state index < -0.39 is 0 Å². The van der Waals surface area contributed by atoms with Gasteiger partial charge in [-0.1, -0.05) is 19.3 Å². The fourth-order valence-electron chi connectivity index (χ4n) is 2.69. The molecular weight excluding hydrogens is 238 g/mol. The summed E-state index contributed by atoms with van der Waals surface area (Å²) in [5.41, 5.74) is 0.835. The van der Waals surface area contributed by atoms with E-state index in [1.54, 1.807) is 17.0 Å². The summed E-state index contributed by atoms with van der Waals surface area (Å²) in [7, 11) is 1.84. The molecule has 1 aromatic heterocycles. The van der Waals surface area contributed by atoms with Gasteiger partial charge in [0.2, 0.25) is 0 Å². The minimum absolute atomic E-state index is 0.0236. The topological polar surface area (TPSA) is 57.0 Å². The van der Waals surface area contributed by atoms with Gasteiger partial charge in [-0.25, -0.2) is 4.98 Å². The van der Waals surface area contributed by atoms with Crippen LogP contribution in [0.2, 0.25) is 0 Å². The summed E-state index contributed by atoms with van der Waals surface area (Å²) in [5.74, 6) is 0.601. The van der Waals surface area contributed by atoms with E-state index in [-0.39, 0.29) is 11.6 Å². The van der Waals surface area contributed by atoms with Gasteiger partial charge in [-0.15, -0.1) is 0 Å². The maximum Gasteiger partial charge on any atom is 0.253 e. The van der Waals surface area contributed by atoms with Gasteiger partial charge < -0.3 is 4.90 Å². The second-order valence-corrected chi connectivity index (χ2v) is 5.23.